The number of hydrogen-bond acceptors (Lipinski definition) is 2. The summed E-state index contributed by atoms with van der Waals surface area (Å²) in [5.74, 6) is 0. The van der Waals surface area contributed by atoms with Crippen LogP contribution < -0.4 is 0 Å². The Morgan fingerprint density at radius 2 is 2.57 bits per heavy atom. The summed E-state index contributed by atoms with van der Waals surface area (Å²) < 4.78 is 0. The Morgan fingerprint density at radius 3 is 2.71 bits per heavy atom. The van der Waals surface area contributed by atoms with Crippen LogP contribution in [0.3, 0.4) is 0 Å². The minimum Gasteiger partial charge on any atom is -0.314 e. The fourth-order valence-electron chi connectivity index (χ4n) is 0.557. The molecule has 1 fully saturated rings. The van der Waals surface area contributed by atoms with E-state index in [-0.39, 0.29) is 0 Å². The van der Waals surface area contributed by atoms with Crippen LogP contribution in [0.2, 0.25) is 0 Å². The molecular formula is C5H9NO. The van der Waals surface area contributed by atoms with Crippen molar-refractivity contribution in [2.75, 3.05) is 6.54 Å². The average Bonchev–Trinajstić information content (AvgIpc) is 2.22. The zero-order valence-electron chi connectivity index (χ0n) is 4.17. The third kappa shape index (κ3) is 1.01. The van der Waals surface area contributed by atoms with Crippen molar-refractivity contribution in [3.05, 3.63) is 12.7 Å². The Bertz CT molecular complexity index is 82.1. The zero-order valence-corrected chi connectivity index (χ0v) is 4.17. The maximum atomic E-state index is 8.54. The van der Waals surface area contributed by atoms with Gasteiger partial charge >= 0.3 is 0 Å². The van der Waals surface area contributed by atoms with E-state index in [9.17, 15) is 0 Å². The Balaban J connectivity index is 2.08. The third-order valence-electron chi connectivity index (χ3n) is 1.12. The van der Waals surface area contributed by atoms with Gasteiger partial charge in [-0.3, -0.25) is 0 Å². The van der Waals surface area contributed by atoms with Gasteiger partial charge < -0.3 is 5.21 Å². The fraction of sp³-hybridized carbons (Fsp3) is 0.600. The summed E-state index contributed by atoms with van der Waals surface area (Å²) in [5.41, 5.74) is 0. The predicted octanol–water partition coefficient (Wildman–Crippen LogP) is 0.636. The van der Waals surface area contributed by atoms with Gasteiger partial charge in [0.1, 0.15) is 0 Å². The van der Waals surface area contributed by atoms with Gasteiger partial charge in [0.2, 0.25) is 0 Å². The molecule has 40 valence electrons. The van der Waals surface area contributed by atoms with E-state index in [2.05, 4.69) is 6.58 Å². The summed E-state index contributed by atoms with van der Waals surface area (Å²) in [6, 6.07) is 0.387. The smallest absolute Gasteiger partial charge is 0.0535 e. The van der Waals surface area contributed by atoms with Gasteiger partial charge in [0, 0.05) is 6.54 Å². The van der Waals surface area contributed by atoms with Crippen LogP contribution in [0.4, 0.5) is 0 Å². The second-order valence-corrected chi connectivity index (χ2v) is 1.80. The highest BCUT2D eigenvalue weighted by atomic mass is 16.5. The molecule has 2 heteroatoms. The van der Waals surface area contributed by atoms with Gasteiger partial charge in [-0.05, 0) is 6.42 Å². The standard InChI is InChI=1S/C5H9NO/c1-2-3-5-4-6(5)7/h2,5,7H,1,3-4H2. The molecule has 0 aromatic heterocycles. The highest BCUT2D eigenvalue weighted by molar-refractivity contribution is 4.88. The molecule has 2 unspecified atom stereocenters. The molecule has 1 rings (SSSR count). The number of hydrogen-bond donors (Lipinski definition) is 1. The first kappa shape index (κ1) is 4.81. The Hall–Kier alpha value is -0.340. The fourth-order valence-corrected chi connectivity index (χ4v) is 0.557. The maximum absolute atomic E-state index is 8.54. The summed E-state index contributed by atoms with van der Waals surface area (Å²) >= 11 is 0. The second-order valence-electron chi connectivity index (χ2n) is 1.80. The lowest BCUT2D eigenvalue weighted by atomic mass is 10.3. The van der Waals surface area contributed by atoms with Crippen LogP contribution in [0.1, 0.15) is 6.42 Å². The molecule has 0 aromatic carbocycles. The van der Waals surface area contributed by atoms with Crippen molar-refractivity contribution in [1.29, 1.82) is 0 Å². The van der Waals surface area contributed by atoms with E-state index in [0.29, 0.717) is 6.04 Å². The van der Waals surface area contributed by atoms with E-state index < -0.39 is 0 Å². The minimum absolute atomic E-state index is 0.387. The van der Waals surface area contributed by atoms with Crippen LogP contribution in [-0.4, -0.2) is 22.9 Å². The first-order valence-corrected chi connectivity index (χ1v) is 2.41. The van der Waals surface area contributed by atoms with E-state index in [1.54, 1.807) is 0 Å². The molecule has 0 aromatic rings. The van der Waals surface area contributed by atoms with Gasteiger partial charge in [-0.25, -0.2) is 0 Å². The number of nitrogens with zero attached hydrogens (tertiary/aromatic N) is 1. The van der Waals surface area contributed by atoms with E-state index >= 15 is 0 Å². The lowest BCUT2D eigenvalue weighted by molar-refractivity contribution is 0.0190. The van der Waals surface area contributed by atoms with Crippen molar-refractivity contribution < 1.29 is 5.21 Å². The molecule has 0 amide bonds. The van der Waals surface area contributed by atoms with Crippen LogP contribution in [-0.2, 0) is 0 Å². The van der Waals surface area contributed by atoms with Crippen molar-refractivity contribution in [2.24, 2.45) is 0 Å². The van der Waals surface area contributed by atoms with Crippen molar-refractivity contribution in [3.63, 3.8) is 0 Å². The van der Waals surface area contributed by atoms with E-state index in [0.717, 1.165) is 13.0 Å². The molecule has 1 aliphatic heterocycles. The summed E-state index contributed by atoms with van der Waals surface area (Å²) in [6.45, 7) is 4.36. The lowest BCUT2D eigenvalue weighted by Gasteiger charge is -1.84. The molecule has 2 atom stereocenters. The molecule has 1 N–H and O–H groups in total. The Labute approximate surface area is 43.0 Å². The van der Waals surface area contributed by atoms with Crippen molar-refractivity contribution in [2.45, 2.75) is 12.5 Å². The summed E-state index contributed by atoms with van der Waals surface area (Å²) in [4.78, 5) is 0. The normalized spacial score (nSPS) is 37.9. The quantitative estimate of drug-likeness (QED) is 0.405. The molecule has 0 bridgehead atoms. The number of hydroxylamine groups is 2. The highest BCUT2D eigenvalue weighted by Gasteiger charge is 2.30. The minimum atomic E-state index is 0.387. The van der Waals surface area contributed by atoms with Crippen LogP contribution in [0.15, 0.2) is 12.7 Å². The molecule has 1 saturated heterocycles. The molecule has 0 radical (unpaired) electrons. The van der Waals surface area contributed by atoms with E-state index in [1.165, 1.54) is 5.06 Å². The van der Waals surface area contributed by atoms with Crippen molar-refractivity contribution in [1.82, 2.24) is 5.06 Å². The molecule has 0 aliphatic carbocycles. The summed E-state index contributed by atoms with van der Waals surface area (Å²) in [5, 5.41) is 9.85. The largest absolute Gasteiger partial charge is 0.314 e. The summed E-state index contributed by atoms with van der Waals surface area (Å²) in [7, 11) is 0. The molecule has 7 heavy (non-hydrogen) atoms. The molecule has 2 nitrogen and oxygen atoms in total. The molecule has 0 spiro atoms. The van der Waals surface area contributed by atoms with Crippen molar-refractivity contribution in [3.8, 4) is 0 Å². The predicted molar refractivity (Wildman–Crippen MR) is 27.1 cm³/mol. The SMILES string of the molecule is C=CCC1CN1O. The van der Waals surface area contributed by atoms with E-state index in [4.69, 9.17) is 5.21 Å². The zero-order chi connectivity index (χ0) is 5.28. The van der Waals surface area contributed by atoms with Crippen molar-refractivity contribution >= 4 is 0 Å². The van der Waals surface area contributed by atoms with Crippen LogP contribution in [0.5, 0.6) is 0 Å². The Morgan fingerprint density at radius 1 is 2.00 bits per heavy atom. The number of rotatable bonds is 2. The van der Waals surface area contributed by atoms with Crippen LogP contribution in [0, 0.1) is 0 Å². The van der Waals surface area contributed by atoms with Gasteiger partial charge in [0.05, 0.1) is 6.04 Å². The van der Waals surface area contributed by atoms with Crippen LogP contribution in [0.25, 0.3) is 0 Å². The lowest BCUT2D eigenvalue weighted by Crippen LogP contribution is -1.91. The molecular weight excluding hydrogens is 90.1 g/mol. The third-order valence-corrected chi connectivity index (χ3v) is 1.12. The molecule has 1 heterocycles. The molecule has 1 aliphatic rings. The van der Waals surface area contributed by atoms with Gasteiger partial charge in [-0.2, -0.15) is 5.06 Å². The maximum Gasteiger partial charge on any atom is 0.0535 e. The first-order valence-electron chi connectivity index (χ1n) is 2.41. The second kappa shape index (κ2) is 1.64. The average molecular weight is 99.1 g/mol. The van der Waals surface area contributed by atoms with Gasteiger partial charge in [-0.15, -0.1) is 6.58 Å². The monoisotopic (exact) mass is 99.1 g/mol. The van der Waals surface area contributed by atoms with Gasteiger partial charge in [-0.1, -0.05) is 6.08 Å². The topological polar surface area (TPSA) is 23.2 Å². The first-order chi connectivity index (χ1) is 3.34. The van der Waals surface area contributed by atoms with E-state index in [1.807, 2.05) is 6.08 Å². The van der Waals surface area contributed by atoms with Gasteiger partial charge in [0.15, 0.2) is 0 Å². The highest BCUT2D eigenvalue weighted by Crippen LogP contribution is 2.16. The Kier molecular flexibility index (Phi) is 1.13. The van der Waals surface area contributed by atoms with Gasteiger partial charge in [0.25, 0.3) is 0 Å². The molecule has 0 saturated carbocycles. The van der Waals surface area contributed by atoms with Crippen LogP contribution >= 0.6 is 0 Å². The summed E-state index contributed by atoms with van der Waals surface area (Å²) in [6.07, 6.45) is 2.73.